The zero-order valence-corrected chi connectivity index (χ0v) is 15.5. The van der Waals surface area contributed by atoms with Gasteiger partial charge in [-0.2, -0.15) is 5.10 Å². The molecular formula is C21H23N5O2. The second-order valence-corrected chi connectivity index (χ2v) is 6.86. The Labute approximate surface area is 163 Å². The molecule has 0 unspecified atom stereocenters. The van der Waals surface area contributed by atoms with Crippen LogP contribution in [0.5, 0.6) is 11.5 Å². The van der Waals surface area contributed by atoms with E-state index in [0.29, 0.717) is 17.3 Å². The molecule has 4 rings (SSSR count). The van der Waals surface area contributed by atoms with Gasteiger partial charge in [0.15, 0.2) is 0 Å². The van der Waals surface area contributed by atoms with Crippen LogP contribution in [-0.4, -0.2) is 28.8 Å². The normalized spacial score (nSPS) is 16.6. The van der Waals surface area contributed by atoms with E-state index in [9.17, 15) is 4.79 Å². The van der Waals surface area contributed by atoms with E-state index >= 15 is 0 Å². The standard InChI is InChI=1S/C21H23N5O2/c22-20-18(21(23)27)19(25-26(20)15-5-4-12-24-13-15)14-8-10-17(11-9-14)28-16-6-2-1-3-7-16/h1-3,6-11,15,24H,4-5,12-13,22H2,(H2,23,27)/t15-/m1/s1. The van der Waals surface area contributed by atoms with Crippen LogP contribution in [-0.2, 0) is 0 Å². The van der Waals surface area contributed by atoms with Crippen molar-refractivity contribution < 1.29 is 9.53 Å². The van der Waals surface area contributed by atoms with E-state index in [1.807, 2.05) is 54.6 Å². The fourth-order valence-corrected chi connectivity index (χ4v) is 3.52. The van der Waals surface area contributed by atoms with E-state index in [-0.39, 0.29) is 11.6 Å². The Hall–Kier alpha value is -3.32. The first-order chi connectivity index (χ1) is 13.6. The van der Waals surface area contributed by atoms with Crippen LogP contribution in [0.15, 0.2) is 54.6 Å². The van der Waals surface area contributed by atoms with E-state index in [1.54, 1.807) is 4.68 Å². The largest absolute Gasteiger partial charge is 0.457 e. The Morgan fingerprint density at radius 2 is 1.82 bits per heavy atom. The molecule has 1 atom stereocenters. The molecular weight excluding hydrogens is 354 g/mol. The first kappa shape index (κ1) is 18.1. The van der Waals surface area contributed by atoms with Gasteiger partial charge in [-0.3, -0.25) is 4.79 Å². The van der Waals surface area contributed by atoms with E-state index in [4.69, 9.17) is 16.2 Å². The lowest BCUT2D eigenvalue weighted by molar-refractivity contribution is 0.100. The van der Waals surface area contributed by atoms with Crippen molar-refractivity contribution in [3.8, 4) is 22.8 Å². The average molecular weight is 377 g/mol. The van der Waals surface area contributed by atoms with Crippen molar-refractivity contribution in [1.29, 1.82) is 0 Å². The van der Waals surface area contributed by atoms with Crippen LogP contribution in [0.3, 0.4) is 0 Å². The third-order valence-electron chi connectivity index (χ3n) is 4.92. The number of rotatable bonds is 5. The topological polar surface area (TPSA) is 108 Å². The molecule has 1 aliphatic rings. The molecule has 7 heteroatoms. The van der Waals surface area contributed by atoms with Gasteiger partial charge in [0.25, 0.3) is 5.91 Å². The van der Waals surface area contributed by atoms with E-state index in [0.717, 1.165) is 37.2 Å². The number of carbonyl (C=O) groups excluding carboxylic acids is 1. The van der Waals surface area contributed by atoms with Crippen LogP contribution in [0.2, 0.25) is 0 Å². The summed E-state index contributed by atoms with van der Waals surface area (Å²) in [4.78, 5) is 12.1. The van der Waals surface area contributed by atoms with Crippen molar-refractivity contribution in [2.75, 3.05) is 18.8 Å². The maximum atomic E-state index is 12.1. The number of benzene rings is 2. The SMILES string of the molecule is NC(=O)c1c(-c2ccc(Oc3ccccc3)cc2)nn([C@@H]2CCCNC2)c1N. The summed E-state index contributed by atoms with van der Waals surface area (Å²) in [5.41, 5.74) is 13.4. The number of hydrogen-bond acceptors (Lipinski definition) is 5. The molecule has 3 aromatic rings. The molecule has 0 bridgehead atoms. The number of hydrogen-bond donors (Lipinski definition) is 3. The highest BCUT2D eigenvalue weighted by Gasteiger charge is 2.26. The van der Waals surface area contributed by atoms with Crippen LogP contribution in [0.4, 0.5) is 5.82 Å². The van der Waals surface area contributed by atoms with Gasteiger partial charge in [-0.15, -0.1) is 0 Å². The number of nitrogens with two attached hydrogens (primary N) is 2. The number of anilines is 1. The summed E-state index contributed by atoms with van der Waals surface area (Å²) in [6.07, 6.45) is 2.00. The molecule has 1 saturated heterocycles. The van der Waals surface area contributed by atoms with Crippen molar-refractivity contribution >= 4 is 11.7 Å². The summed E-state index contributed by atoms with van der Waals surface area (Å²) in [6, 6.07) is 17.0. The van der Waals surface area contributed by atoms with Crippen molar-refractivity contribution in [2.45, 2.75) is 18.9 Å². The van der Waals surface area contributed by atoms with Gasteiger partial charge < -0.3 is 21.5 Å². The number of piperidine rings is 1. The van der Waals surface area contributed by atoms with Gasteiger partial charge in [-0.05, 0) is 55.8 Å². The number of carbonyl (C=O) groups is 1. The van der Waals surface area contributed by atoms with Crippen molar-refractivity contribution in [3.05, 3.63) is 60.2 Å². The lowest BCUT2D eigenvalue weighted by atomic mass is 10.1. The average Bonchev–Trinajstić information content (AvgIpc) is 3.07. The number of primary amides is 1. The zero-order valence-electron chi connectivity index (χ0n) is 15.5. The maximum absolute atomic E-state index is 12.1. The van der Waals surface area contributed by atoms with Gasteiger partial charge in [0.1, 0.15) is 28.6 Å². The van der Waals surface area contributed by atoms with E-state index < -0.39 is 5.91 Å². The van der Waals surface area contributed by atoms with Gasteiger partial charge in [-0.25, -0.2) is 4.68 Å². The van der Waals surface area contributed by atoms with Gasteiger partial charge in [-0.1, -0.05) is 18.2 Å². The summed E-state index contributed by atoms with van der Waals surface area (Å²) < 4.78 is 7.55. The summed E-state index contributed by atoms with van der Waals surface area (Å²) in [7, 11) is 0. The molecule has 7 nitrogen and oxygen atoms in total. The van der Waals surface area contributed by atoms with Crippen LogP contribution in [0.25, 0.3) is 11.3 Å². The Bertz CT molecular complexity index is 960. The molecule has 1 amide bonds. The Morgan fingerprint density at radius 3 is 2.46 bits per heavy atom. The molecule has 28 heavy (non-hydrogen) atoms. The predicted molar refractivity (Wildman–Crippen MR) is 108 cm³/mol. The molecule has 0 radical (unpaired) electrons. The lowest BCUT2D eigenvalue weighted by Gasteiger charge is -2.23. The van der Waals surface area contributed by atoms with Gasteiger partial charge in [0.05, 0.1) is 6.04 Å². The number of nitrogen functional groups attached to an aromatic ring is 1. The molecule has 0 saturated carbocycles. The number of amides is 1. The molecule has 5 N–H and O–H groups in total. The first-order valence-electron chi connectivity index (χ1n) is 9.35. The Balaban J connectivity index is 1.65. The number of nitrogens with zero attached hydrogens (tertiary/aromatic N) is 2. The van der Waals surface area contributed by atoms with Crippen LogP contribution in [0.1, 0.15) is 29.2 Å². The van der Waals surface area contributed by atoms with Crippen molar-refractivity contribution in [3.63, 3.8) is 0 Å². The molecule has 2 aromatic carbocycles. The molecule has 1 aromatic heterocycles. The van der Waals surface area contributed by atoms with Gasteiger partial charge in [0, 0.05) is 12.1 Å². The summed E-state index contributed by atoms with van der Waals surface area (Å²) in [5.74, 6) is 1.19. The Morgan fingerprint density at radius 1 is 1.11 bits per heavy atom. The van der Waals surface area contributed by atoms with E-state index in [1.165, 1.54) is 0 Å². The number of aromatic nitrogens is 2. The molecule has 144 valence electrons. The minimum atomic E-state index is -0.577. The Kier molecular flexibility index (Phi) is 4.99. The number of nitrogens with one attached hydrogen (secondary N) is 1. The minimum absolute atomic E-state index is 0.112. The predicted octanol–water partition coefficient (Wildman–Crippen LogP) is 2.95. The highest BCUT2D eigenvalue weighted by molar-refractivity contribution is 6.03. The third kappa shape index (κ3) is 3.57. The zero-order chi connectivity index (χ0) is 19.5. The van der Waals surface area contributed by atoms with Crippen molar-refractivity contribution in [1.82, 2.24) is 15.1 Å². The summed E-state index contributed by atoms with van der Waals surface area (Å²) in [5, 5.41) is 7.99. The highest BCUT2D eigenvalue weighted by Crippen LogP contribution is 2.32. The minimum Gasteiger partial charge on any atom is -0.457 e. The van der Waals surface area contributed by atoms with Gasteiger partial charge in [0.2, 0.25) is 0 Å². The molecule has 1 aliphatic heterocycles. The summed E-state index contributed by atoms with van der Waals surface area (Å²) >= 11 is 0. The van der Waals surface area contributed by atoms with E-state index in [2.05, 4.69) is 10.4 Å². The fourth-order valence-electron chi connectivity index (χ4n) is 3.52. The lowest BCUT2D eigenvalue weighted by Crippen LogP contribution is -2.32. The summed E-state index contributed by atoms with van der Waals surface area (Å²) in [6.45, 7) is 1.75. The fraction of sp³-hybridized carbons (Fsp3) is 0.238. The smallest absolute Gasteiger partial charge is 0.254 e. The molecule has 0 aliphatic carbocycles. The monoisotopic (exact) mass is 377 g/mol. The number of ether oxygens (including phenoxy) is 1. The number of para-hydroxylation sites is 1. The van der Waals surface area contributed by atoms with Crippen molar-refractivity contribution in [2.24, 2.45) is 5.73 Å². The molecule has 2 heterocycles. The van der Waals surface area contributed by atoms with Crippen LogP contribution >= 0.6 is 0 Å². The van der Waals surface area contributed by atoms with Gasteiger partial charge >= 0.3 is 0 Å². The van der Waals surface area contributed by atoms with Crippen LogP contribution in [0, 0.1) is 0 Å². The second kappa shape index (κ2) is 7.74. The highest BCUT2D eigenvalue weighted by atomic mass is 16.5. The molecule has 0 spiro atoms. The third-order valence-corrected chi connectivity index (χ3v) is 4.92. The van der Waals surface area contributed by atoms with Crippen LogP contribution < -0.4 is 21.5 Å². The maximum Gasteiger partial charge on any atom is 0.254 e. The molecule has 1 fully saturated rings. The quantitative estimate of drug-likeness (QED) is 0.633. The second-order valence-electron chi connectivity index (χ2n) is 6.86. The first-order valence-corrected chi connectivity index (χ1v) is 9.35.